The molecular formula is C13H13NO12. The number of ketones is 2. The molecule has 0 fully saturated rings. The molecule has 0 saturated carbocycles. The zero-order valence-electron chi connectivity index (χ0n) is 13.0. The van der Waals surface area contributed by atoms with Crippen LogP contribution in [0.25, 0.3) is 0 Å². The summed E-state index contributed by atoms with van der Waals surface area (Å²) >= 11 is 0. The van der Waals surface area contributed by atoms with Gasteiger partial charge in [-0.25, -0.2) is 14.4 Å². The fraction of sp³-hybridized carbons (Fsp3) is 0.385. The Morgan fingerprint density at radius 1 is 0.731 bits per heavy atom. The van der Waals surface area contributed by atoms with Gasteiger partial charge in [-0.3, -0.25) is 24.0 Å². The third kappa shape index (κ3) is 8.97. The number of hydrogen-bond acceptors (Lipinski definition) is 11. The van der Waals surface area contributed by atoms with E-state index in [9.17, 15) is 38.4 Å². The first-order valence-electron chi connectivity index (χ1n) is 6.69. The number of hydrogen-bond donors (Lipinski definition) is 3. The average molecular weight is 375 g/mol. The van der Waals surface area contributed by atoms with Gasteiger partial charge in [-0.15, -0.1) is 0 Å². The molecule has 0 saturated heterocycles. The zero-order chi connectivity index (χ0) is 20.4. The number of nitrogens with two attached hydrogens (primary N) is 1. The number of carbonyl (C=O) groups excluding carboxylic acids is 6. The molecule has 1 atom stereocenters. The third-order valence-electron chi connectivity index (χ3n) is 2.49. The molecule has 4 N–H and O–H groups in total. The van der Waals surface area contributed by atoms with Crippen LogP contribution in [0.1, 0.15) is 25.7 Å². The maximum Gasteiger partial charge on any atom is 0.372 e. The van der Waals surface area contributed by atoms with Crippen LogP contribution in [0.3, 0.4) is 0 Å². The van der Waals surface area contributed by atoms with E-state index in [1.807, 2.05) is 0 Å². The summed E-state index contributed by atoms with van der Waals surface area (Å²) in [5.74, 6) is -12.2. The molecule has 26 heavy (non-hydrogen) atoms. The van der Waals surface area contributed by atoms with E-state index in [1.165, 1.54) is 0 Å². The summed E-state index contributed by atoms with van der Waals surface area (Å²) < 4.78 is 8.22. The maximum absolute atomic E-state index is 11.4. The molecule has 0 spiro atoms. The lowest BCUT2D eigenvalue weighted by atomic mass is 10.2. The van der Waals surface area contributed by atoms with E-state index in [2.05, 4.69) is 9.47 Å². The Labute approximate surface area is 144 Å². The number of Topliss-reactive ketones (excluding diaryl/α,β-unsaturated/α-hetero) is 2. The van der Waals surface area contributed by atoms with Gasteiger partial charge in [0.1, 0.15) is 18.9 Å². The highest BCUT2D eigenvalue weighted by atomic mass is 16.6. The van der Waals surface area contributed by atoms with Gasteiger partial charge in [0.05, 0.1) is 0 Å². The van der Waals surface area contributed by atoms with Crippen molar-refractivity contribution in [3.63, 3.8) is 0 Å². The van der Waals surface area contributed by atoms with Gasteiger partial charge in [0.25, 0.3) is 11.6 Å². The van der Waals surface area contributed by atoms with Gasteiger partial charge in [0.15, 0.2) is 0 Å². The third-order valence-corrected chi connectivity index (χ3v) is 2.49. The molecule has 0 heterocycles. The second-order valence-electron chi connectivity index (χ2n) is 4.59. The summed E-state index contributed by atoms with van der Waals surface area (Å²) in [5, 5.41) is 16.5. The fourth-order valence-electron chi connectivity index (χ4n) is 1.24. The summed E-state index contributed by atoms with van der Waals surface area (Å²) in [7, 11) is 0. The van der Waals surface area contributed by atoms with Crippen LogP contribution < -0.4 is 5.73 Å². The van der Waals surface area contributed by atoms with Gasteiger partial charge >= 0.3 is 35.8 Å². The van der Waals surface area contributed by atoms with E-state index in [0.29, 0.717) is 0 Å². The zero-order valence-corrected chi connectivity index (χ0v) is 13.0. The maximum atomic E-state index is 11.4. The highest BCUT2D eigenvalue weighted by Crippen LogP contribution is 2.02. The lowest BCUT2D eigenvalue weighted by molar-refractivity contribution is -0.163. The first kappa shape index (κ1) is 22.5. The Kier molecular flexibility index (Phi) is 9.01. The van der Waals surface area contributed by atoms with E-state index in [1.54, 1.807) is 0 Å². The average Bonchev–Trinajstić information content (AvgIpc) is 2.51. The summed E-state index contributed by atoms with van der Waals surface area (Å²) in [4.78, 5) is 86.8. The topological polar surface area (TPSA) is 221 Å². The minimum Gasteiger partial charge on any atom is -0.475 e. The standard InChI is InChI=1S/C13H13NO12/c14-5(13(24)26-10(19)4-7(16)12(22)23)1-2-8(17)25-9(18)3-6(15)11(20)21/h5H,1-4,14H2,(H,20,21)(H,22,23)/t5-/m0/s1. The van der Waals surface area contributed by atoms with Crippen LogP contribution in [0, 0.1) is 0 Å². The molecule has 0 bridgehead atoms. The van der Waals surface area contributed by atoms with Crippen molar-refractivity contribution in [1.82, 2.24) is 0 Å². The molecule has 0 aromatic rings. The van der Waals surface area contributed by atoms with Crippen molar-refractivity contribution in [3.05, 3.63) is 0 Å². The van der Waals surface area contributed by atoms with Gasteiger partial charge in [0.2, 0.25) is 0 Å². The van der Waals surface area contributed by atoms with Crippen molar-refractivity contribution in [3.8, 4) is 0 Å². The highest BCUT2D eigenvalue weighted by Gasteiger charge is 2.25. The predicted molar refractivity (Wildman–Crippen MR) is 73.9 cm³/mol. The van der Waals surface area contributed by atoms with Gasteiger partial charge < -0.3 is 25.4 Å². The lowest BCUT2D eigenvalue weighted by Gasteiger charge is -2.09. The smallest absolute Gasteiger partial charge is 0.372 e. The Morgan fingerprint density at radius 2 is 1.15 bits per heavy atom. The number of aliphatic carboxylic acids is 2. The Bertz CT molecular complexity index is 664. The fourth-order valence-corrected chi connectivity index (χ4v) is 1.24. The summed E-state index contributed by atoms with van der Waals surface area (Å²) in [6.45, 7) is 0. The van der Waals surface area contributed by atoms with E-state index in [0.717, 1.165) is 0 Å². The molecule has 142 valence electrons. The van der Waals surface area contributed by atoms with Gasteiger partial charge in [-0.05, 0) is 6.42 Å². The largest absolute Gasteiger partial charge is 0.475 e. The number of carboxylic acid groups (broad SMARTS) is 2. The molecule has 0 unspecified atom stereocenters. The SMILES string of the molecule is N[C@@H](CCC(=O)OC(=O)CC(=O)C(=O)O)C(=O)OC(=O)CC(=O)C(=O)O. The minimum absolute atomic E-state index is 0.460. The van der Waals surface area contributed by atoms with E-state index < -0.39 is 79.1 Å². The van der Waals surface area contributed by atoms with Crippen molar-refractivity contribution in [2.75, 3.05) is 0 Å². The van der Waals surface area contributed by atoms with E-state index >= 15 is 0 Å². The molecule has 0 aliphatic heterocycles. The molecule has 0 aromatic carbocycles. The molecule has 0 radical (unpaired) electrons. The van der Waals surface area contributed by atoms with Crippen molar-refractivity contribution < 1.29 is 58.0 Å². The molecule has 0 rings (SSSR count). The Morgan fingerprint density at radius 3 is 1.58 bits per heavy atom. The minimum atomic E-state index is -1.90. The number of ether oxygens (including phenoxy) is 2. The van der Waals surface area contributed by atoms with Gasteiger partial charge in [-0.1, -0.05) is 0 Å². The van der Waals surface area contributed by atoms with Crippen molar-refractivity contribution in [2.45, 2.75) is 31.7 Å². The molecule has 0 aliphatic rings. The summed E-state index contributed by atoms with van der Waals surface area (Å²) in [6.07, 6.45) is -3.44. The van der Waals surface area contributed by atoms with Crippen molar-refractivity contribution in [1.29, 1.82) is 0 Å². The second-order valence-corrected chi connectivity index (χ2v) is 4.59. The van der Waals surface area contributed by atoms with Crippen LogP contribution >= 0.6 is 0 Å². The molecule has 13 nitrogen and oxygen atoms in total. The van der Waals surface area contributed by atoms with E-state index in [4.69, 9.17) is 15.9 Å². The lowest BCUT2D eigenvalue weighted by Crippen LogP contribution is -2.35. The van der Waals surface area contributed by atoms with Crippen molar-refractivity contribution >= 4 is 47.4 Å². The number of rotatable bonds is 10. The first-order chi connectivity index (χ1) is 11.9. The predicted octanol–water partition coefficient (Wildman–Crippen LogP) is -2.68. The van der Waals surface area contributed by atoms with Gasteiger partial charge in [-0.2, -0.15) is 0 Å². The van der Waals surface area contributed by atoms with Crippen LogP contribution in [0.15, 0.2) is 0 Å². The van der Waals surface area contributed by atoms with Crippen LogP contribution in [-0.4, -0.2) is 63.6 Å². The van der Waals surface area contributed by atoms with Crippen molar-refractivity contribution in [2.24, 2.45) is 5.73 Å². The second kappa shape index (κ2) is 10.4. The number of esters is 4. The molecule has 0 aromatic heterocycles. The molecular weight excluding hydrogens is 362 g/mol. The van der Waals surface area contributed by atoms with E-state index in [-0.39, 0.29) is 0 Å². The molecule has 13 heteroatoms. The normalized spacial score (nSPS) is 11.0. The summed E-state index contributed by atoms with van der Waals surface area (Å²) in [5.41, 5.74) is 5.30. The van der Waals surface area contributed by atoms with Crippen LogP contribution in [-0.2, 0) is 47.8 Å². The molecule has 0 amide bonds. The monoisotopic (exact) mass is 375 g/mol. The van der Waals surface area contributed by atoms with Crippen LogP contribution in [0.2, 0.25) is 0 Å². The number of carbonyl (C=O) groups is 8. The van der Waals surface area contributed by atoms with Gasteiger partial charge in [0, 0.05) is 6.42 Å². The summed E-state index contributed by atoms with van der Waals surface area (Å²) in [6, 6.07) is -1.54. The molecule has 0 aliphatic carbocycles. The Hall–Kier alpha value is -3.48. The Balaban J connectivity index is 4.28. The van der Waals surface area contributed by atoms with Crippen LogP contribution in [0.4, 0.5) is 0 Å². The number of carboxylic acids is 2. The van der Waals surface area contributed by atoms with Crippen LogP contribution in [0.5, 0.6) is 0 Å². The quantitative estimate of drug-likeness (QED) is 0.201. The first-order valence-corrected chi connectivity index (χ1v) is 6.69. The highest BCUT2D eigenvalue weighted by molar-refractivity contribution is 6.36.